The molecule has 0 saturated carbocycles. The molecule has 0 saturated heterocycles. The molecule has 84 valence electrons. The number of anilines is 1. The Bertz CT molecular complexity index is 467. The number of aromatic nitrogens is 2. The van der Waals surface area contributed by atoms with Gasteiger partial charge in [-0.3, -0.25) is 9.48 Å². The van der Waals surface area contributed by atoms with E-state index in [-0.39, 0.29) is 5.91 Å². The number of aryl methyl sites for hydroxylation is 1. The van der Waals surface area contributed by atoms with Crippen molar-refractivity contribution >= 4 is 11.6 Å². The average molecular weight is 220 g/mol. The highest BCUT2D eigenvalue weighted by molar-refractivity contribution is 5.97. The van der Waals surface area contributed by atoms with Gasteiger partial charge in [-0.05, 0) is 12.1 Å². The van der Waals surface area contributed by atoms with E-state index in [0.29, 0.717) is 23.7 Å². The van der Waals surface area contributed by atoms with E-state index in [4.69, 9.17) is 10.2 Å². The maximum absolute atomic E-state index is 11.7. The van der Waals surface area contributed by atoms with Gasteiger partial charge in [0, 0.05) is 7.05 Å². The monoisotopic (exact) mass is 220 g/mol. The first-order chi connectivity index (χ1) is 7.68. The van der Waals surface area contributed by atoms with Crippen LogP contribution in [0.2, 0.25) is 0 Å². The molecule has 6 nitrogen and oxygen atoms in total. The van der Waals surface area contributed by atoms with Crippen molar-refractivity contribution in [3.8, 4) is 0 Å². The molecule has 2 rings (SSSR count). The molecule has 2 aromatic heterocycles. The SMILES string of the molecule is Cn1ncc(N)c1C(=O)NCc1ccco1. The van der Waals surface area contributed by atoms with Gasteiger partial charge in [-0.15, -0.1) is 0 Å². The lowest BCUT2D eigenvalue weighted by molar-refractivity contribution is 0.0939. The highest BCUT2D eigenvalue weighted by Crippen LogP contribution is 2.09. The van der Waals surface area contributed by atoms with E-state index in [1.54, 1.807) is 25.4 Å². The zero-order chi connectivity index (χ0) is 11.5. The summed E-state index contributed by atoms with van der Waals surface area (Å²) in [6, 6.07) is 3.55. The molecule has 0 spiro atoms. The summed E-state index contributed by atoms with van der Waals surface area (Å²) in [4.78, 5) is 11.7. The summed E-state index contributed by atoms with van der Waals surface area (Å²) < 4.78 is 6.53. The summed E-state index contributed by atoms with van der Waals surface area (Å²) >= 11 is 0. The molecule has 0 aliphatic rings. The van der Waals surface area contributed by atoms with Crippen molar-refractivity contribution in [2.24, 2.45) is 7.05 Å². The van der Waals surface area contributed by atoms with Crippen LogP contribution in [0.5, 0.6) is 0 Å². The summed E-state index contributed by atoms with van der Waals surface area (Å²) in [6.45, 7) is 0.330. The number of nitrogens with zero attached hydrogens (tertiary/aromatic N) is 2. The summed E-state index contributed by atoms with van der Waals surface area (Å²) in [5.41, 5.74) is 6.34. The third-order valence-electron chi connectivity index (χ3n) is 2.19. The van der Waals surface area contributed by atoms with Crippen LogP contribution in [0.4, 0.5) is 5.69 Å². The van der Waals surface area contributed by atoms with E-state index in [2.05, 4.69) is 10.4 Å². The van der Waals surface area contributed by atoms with Crippen molar-refractivity contribution in [3.63, 3.8) is 0 Å². The standard InChI is InChI=1S/C10H12N4O2/c1-14-9(8(11)6-13-14)10(15)12-5-7-3-2-4-16-7/h2-4,6H,5,11H2,1H3,(H,12,15). The fourth-order valence-electron chi connectivity index (χ4n) is 1.40. The van der Waals surface area contributed by atoms with Crippen LogP contribution in [-0.4, -0.2) is 15.7 Å². The first-order valence-corrected chi connectivity index (χ1v) is 4.76. The van der Waals surface area contributed by atoms with Crippen LogP contribution in [0.15, 0.2) is 29.0 Å². The second kappa shape index (κ2) is 4.09. The minimum Gasteiger partial charge on any atom is -0.467 e. The van der Waals surface area contributed by atoms with E-state index in [1.165, 1.54) is 10.9 Å². The van der Waals surface area contributed by atoms with Crippen molar-refractivity contribution in [3.05, 3.63) is 36.0 Å². The normalized spacial score (nSPS) is 10.3. The predicted octanol–water partition coefficient (Wildman–Crippen LogP) is 0.525. The molecule has 0 atom stereocenters. The smallest absolute Gasteiger partial charge is 0.272 e. The van der Waals surface area contributed by atoms with Gasteiger partial charge in [-0.25, -0.2) is 0 Å². The summed E-state index contributed by atoms with van der Waals surface area (Å²) in [7, 11) is 1.66. The molecule has 0 aliphatic heterocycles. The molecule has 2 aromatic rings. The summed E-state index contributed by atoms with van der Waals surface area (Å²) in [6.07, 6.45) is 3.00. The number of rotatable bonds is 3. The average Bonchev–Trinajstić information content (AvgIpc) is 2.86. The molecule has 1 amide bonds. The molecule has 2 heterocycles. The third kappa shape index (κ3) is 1.90. The number of carbonyl (C=O) groups is 1. The lowest BCUT2D eigenvalue weighted by Gasteiger charge is -2.04. The molecule has 3 N–H and O–H groups in total. The van der Waals surface area contributed by atoms with Gasteiger partial charge in [0.15, 0.2) is 0 Å². The first kappa shape index (κ1) is 10.3. The van der Waals surface area contributed by atoms with Gasteiger partial charge in [0.1, 0.15) is 11.5 Å². The Balaban J connectivity index is 2.04. The topological polar surface area (TPSA) is 86.1 Å². The number of furan rings is 1. The van der Waals surface area contributed by atoms with Gasteiger partial charge >= 0.3 is 0 Å². The molecule has 0 unspecified atom stereocenters. The van der Waals surface area contributed by atoms with Gasteiger partial charge in [-0.2, -0.15) is 5.10 Å². The number of amides is 1. The highest BCUT2D eigenvalue weighted by Gasteiger charge is 2.14. The molecule has 0 radical (unpaired) electrons. The van der Waals surface area contributed by atoms with E-state index < -0.39 is 0 Å². The molecule has 0 bridgehead atoms. The van der Waals surface area contributed by atoms with Gasteiger partial charge in [0.05, 0.1) is 24.7 Å². The van der Waals surface area contributed by atoms with Crippen molar-refractivity contribution in [1.82, 2.24) is 15.1 Å². The number of hydrogen-bond donors (Lipinski definition) is 2. The minimum atomic E-state index is -0.270. The van der Waals surface area contributed by atoms with Crippen molar-refractivity contribution in [1.29, 1.82) is 0 Å². The summed E-state index contributed by atoms with van der Waals surface area (Å²) in [5.74, 6) is 0.419. The lowest BCUT2D eigenvalue weighted by Crippen LogP contribution is -2.25. The van der Waals surface area contributed by atoms with Gasteiger partial charge in [0.25, 0.3) is 5.91 Å². The Morgan fingerprint density at radius 1 is 1.69 bits per heavy atom. The Morgan fingerprint density at radius 2 is 2.50 bits per heavy atom. The van der Waals surface area contributed by atoms with Crippen molar-refractivity contribution in [2.45, 2.75) is 6.54 Å². The van der Waals surface area contributed by atoms with Crippen molar-refractivity contribution < 1.29 is 9.21 Å². The Morgan fingerprint density at radius 3 is 3.06 bits per heavy atom. The van der Waals surface area contributed by atoms with Crippen LogP contribution >= 0.6 is 0 Å². The number of nitrogen functional groups attached to an aromatic ring is 1. The number of carbonyl (C=O) groups excluding carboxylic acids is 1. The van der Waals surface area contributed by atoms with Gasteiger partial charge in [0.2, 0.25) is 0 Å². The molecule has 0 aromatic carbocycles. The molecule has 0 aliphatic carbocycles. The fraction of sp³-hybridized carbons (Fsp3) is 0.200. The second-order valence-corrected chi connectivity index (χ2v) is 3.33. The van der Waals surface area contributed by atoms with Gasteiger partial charge < -0.3 is 15.5 Å². The van der Waals surface area contributed by atoms with Crippen LogP contribution in [0.25, 0.3) is 0 Å². The molecule has 0 fully saturated rings. The number of nitrogens with two attached hydrogens (primary N) is 1. The first-order valence-electron chi connectivity index (χ1n) is 4.76. The molecule has 6 heteroatoms. The Kier molecular flexibility index (Phi) is 2.63. The zero-order valence-corrected chi connectivity index (χ0v) is 8.80. The molecular formula is C10H12N4O2. The quantitative estimate of drug-likeness (QED) is 0.789. The number of nitrogens with one attached hydrogen (secondary N) is 1. The second-order valence-electron chi connectivity index (χ2n) is 3.33. The van der Waals surface area contributed by atoms with Crippen LogP contribution in [0.3, 0.4) is 0 Å². The number of hydrogen-bond acceptors (Lipinski definition) is 4. The van der Waals surface area contributed by atoms with Crippen LogP contribution in [0.1, 0.15) is 16.2 Å². The maximum atomic E-state index is 11.7. The van der Waals surface area contributed by atoms with Crippen LogP contribution < -0.4 is 11.1 Å². The van der Waals surface area contributed by atoms with E-state index in [0.717, 1.165) is 0 Å². The Hall–Kier alpha value is -2.24. The van der Waals surface area contributed by atoms with Crippen LogP contribution in [-0.2, 0) is 13.6 Å². The van der Waals surface area contributed by atoms with Gasteiger partial charge in [-0.1, -0.05) is 0 Å². The maximum Gasteiger partial charge on any atom is 0.272 e. The van der Waals surface area contributed by atoms with E-state index >= 15 is 0 Å². The van der Waals surface area contributed by atoms with E-state index in [9.17, 15) is 4.79 Å². The zero-order valence-electron chi connectivity index (χ0n) is 8.80. The third-order valence-corrected chi connectivity index (χ3v) is 2.19. The van der Waals surface area contributed by atoms with Crippen LogP contribution in [0, 0.1) is 0 Å². The highest BCUT2D eigenvalue weighted by atomic mass is 16.3. The molecule has 16 heavy (non-hydrogen) atoms. The largest absolute Gasteiger partial charge is 0.467 e. The van der Waals surface area contributed by atoms with Crippen molar-refractivity contribution in [2.75, 3.05) is 5.73 Å². The fourth-order valence-corrected chi connectivity index (χ4v) is 1.40. The van der Waals surface area contributed by atoms with E-state index in [1.807, 2.05) is 0 Å². The predicted molar refractivity (Wildman–Crippen MR) is 57.5 cm³/mol. The minimum absolute atomic E-state index is 0.270. The lowest BCUT2D eigenvalue weighted by atomic mass is 10.3. The Labute approximate surface area is 92.0 Å². The molecular weight excluding hydrogens is 208 g/mol. The summed E-state index contributed by atoms with van der Waals surface area (Å²) in [5, 5.41) is 6.59.